The Morgan fingerprint density at radius 1 is 1.37 bits per heavy atom. The second-order valence-electron chi connectivity index (χ2n) is 4.41. The van der Waals surface area contributed by atoms with Crippen molar-refractivity contribution in [1.82, 2.24) is 5.32 Å². The highest BCUT2D eigenvalue weighted by Gasteiger charge is 2.24. The van der Waals surface area contributed by atoms with Crippen LogP contribution in [0.2, 0.25) is 5.02 Å². The number of benzene rings is 1. The molecule has 1 aliphatic rings. The molecule has 0 aromatic heterocycles. The standard InChI is InChI=1S/C14H15ClN2OS/c1-9(2)12-13(18)17-14(19-12)16-8-7-10-5-3-4-6-11(10)15/h3-6H,7-8H2,1-2H3,(H,16,17,18). The van der Waals surface area contributed by atoms with Crippen molar-refractivity contribution in [3.8, 4) is 0 Å². The smallest absolute Gasteiger partial charge is 0.264 e. The number of aliphatic imine (C=N–C) groups is 1. The van der Waals surface area contributed by atoms with E-state index >= 15 is 0 Å². The minimum atomic E-state index is -0.0542. The van der Waals surface area contributed by atoms with E-state index in [1.54, 1.807) is 0 Å². The average Bonchev–Trinajstić information content (AvgIpc) is 2.73. The molecule has 0 aliphatic carbocycles. The molecule has 1 aromatic rings. The summed E-state index contributed by atoms with van der Waals surface area (Å²) in [6.45, 7) is 4.46. The van der Waals surface area contributed by atoms with Gasteiger partial charge in [0.1, 0.15) is 0 Å². The molecule has 1 amide bonds. The number of rotatable bonds is 3. The van der Waals surface area contributed by atoms with Crippen molar-refractivity contribution < 1.29 is 4.79 Å². The van der Waals surface area contributed by atoms with Crippen LogP contribution in [-0.2, 0) is 11.2 Å². The van der Waals surface area contributed by atoms with Crippen LogP contribution in [-0.4, -0.2) is 17.6 Å². The van der Waals surface area contributed by atoms with E-state index in [9.17, 15) is 4.79 Å². The number of thioether (sulfide) groups is 1. The van der Waals surface area contributed by atoms with Crippen LogP contribution in [0, 0.1) is 0 Å². The summed E-state index contributed by atoms with van der Waals surface area (Å²) in [6, 6.07) is 7.73. The van der Waals surface area contributed by atoms with Gasteiger partial charge in [-0.2, -0.15) is 0 Å². The molecule has 1 aromatic carbocycles. The topological polar surface area (TPSA) is 41.5 Å². The second-order valence-corrected chi connectivity index (χ2v) is 5.82. The molecule has 0 spiro atoms. The van der Waals surface area contributed by atoms with Crippen LogP contribution >= 0.6 is 23.4 Å². The van der Waals surface area contributed by atoms with Crippen molar-refractivity contribution in [3.63, 3.8) is 0 Å². The maximum Gasteiger partial charge on any atom is 0.264 e. The first kappa shape index (κ1) is 14.2. The van der Waals surface area contributed by atoms with Gasteiger partial charge in [-0.1, -0.05) is 35.4 Å². The molecule has 1 fully saturated rings. The van der Waals surface area contributed by atoms with E-state index in [4.69, 9.17) is 11.6 Å². The summed E-state index contributed by atoms with van der Waals surface area (Å²) in [7, 11) is 0. The Hall–Kier alpha value is -1.26. The van der Waals surface area contributed by atoms with Crippen LogP contribution in [0.15, 0.2) is 39.7 Å². The summed E-state index contributed by atoms with van der Waals surface area (Å²) < 4.78 is 0. The highest BCUT2D eigenvalue weighted by atomic mass is 35.5. The summed E-state index contributed by atoms with van der Waals surface area (Å²) in [4.78, 5) is 16.8. The third-order valence-corrected chi connectivity index (χ3v) is 4.26. The number of hydrogen-bond acceptors (Lipinski definition) is 3. The molecule has 0 bridgehead atoms. The number of hydrogen-bond donors (Lipinski definition) is 1. The Balaban J connectivity index is 1.97. The van der Waals surface area contributed by atoms with Gasteiger partial charge < -0.3 is 5.32 Å². The largest absolute Gasteiger partial charge is 0.301 e. The van der Waals surface area contributed by atoms with Gasteiger partial charge in [-0.25, -0.2) is 0 Å². The van der Waals surface area contributed by atoms with Gasteiger partial charge in [0, 0.05) is 11.6 Å². The van der Waals surface area contributed by atoms with Crippen molar-refractivity contribution in [2.45, 2.75) is 20.3 Å². The third-order valence-electron chi connectivity index (χ3n) is 2.67. The molecule has 0 unspecified atom stereocenters. The first-order valence-electron chi connectivity index (χ1n) is 6.02. The maximum atomic E-state index is 11.6. The lowest BCUT2D eigenvalue weighted by Crippen LogP contribution is -2.20. The van der Waals surface area contributed by atoms with Crippen LogP contribution in [0.4, 0.5) is 0 Å². The van der Waals surface area contributed by atoms with Gasteiger partial charge in [0.05, 0.1) is 4.91 Å². The predicted molar refractivity (Wildman–Crippen MR) is 81.6 cm³/mol. The molecule has 1 N–H and O–H groups in total. The monoisotopic (exact) mass is 294 g/mol. The zero-order chi connectivity index (χ0) is 13.8. The summed E-state index contributed by atoms with van der Waals surface area (Å²) >= 11 is 7.48. The Labute approximate surface area is 122 Å². The fourth-order valence-electron chi connectivity index (χ4n) is 1.70. The first-order valence-corrected chi connectivity index (χ1v) is 7.22. The molecule has 1 saturated heterocycles. The van der Waals surface area contributed by atoms with Gasteiger partial charge >= 0.3 is 0 Å². The maximum absolute atomic E-state index is 11.6. The lowest BCUT2D eigenvalue weighted by atomic mass is 10.1. The molecule has 2 rings (SSSR count). The lowest BCUT2D eigenvalue weighted by molar-refractivity contribution is -0.115. The van der Waals surface area contributed by atoms with E-state index in [0.29, 0.717) is 11.7 Å². The third kappa shape index (κ3) is 3.61. The van der Waals surface area contributed by atoms with E-state index in [-0.39, 0.29) is 5.91 Å². The number of allylic oxidation sites excluding steroid dienone is 1. The van der Waals surface area contributed by atoms with Crippen molar-refractivity contribution >= 4 is 34.4 Å². The zero-order valence-corrected chi connectivity index (χ0v) is 12.4. The van der Waals surface area contributed by atoms with Gasteiger partial charge in [-0.15, -0.1) is 0 Å². The summed E-state index contributed by atoms with van der Waals surface area (Å²) in [5, 5.41) is 4.20. The SMILES string of the molecule is CC(C)=C1SC(=NCCc2ccccc2Cl)NC1=O. The average molecular weight is 295 g/mol. The van der Waals surface area contributed by atoms with Crippen LogP contribution in [0.3, 0.4) is 0 Å². The van der Waals surface area contributed by atoms with Crippen molar-refractivity contribution in [2.24, 2.45) is 4.99 Å². The van der Waals surface area contributed by atoms with Crippen LogP contribution in [0.25, 0.3) is 0 Å². The fraction of sp³-hybridized carbons (Fsp3) is 0.286. The molecule has 19 heavy (non-hydrogen) atoms. The van der Waals surface area contributed by atoms with Gasteiger partial charge in [0.25, 0.3) is 5.91 Å². The predicted octanol–water partition coefficient (Wildman–Crippen LogP) is 3.40. The van der Waals surface area contributed by atoms with Gasteiger partial charge in [-0.3, -0.25) is 9.79 Å². The summed E-state index contributed by atoms with van der Waals surface area (Å²) in [6.07, 6.45) is 0.768. The lowest BCUT2D eigenvalue weighted by Gasteiger charge is -2.01. The number of halogens is 1. The summed E-state index contributed by atoms with van der Waals surface area (Å²) in [5.74, 6) is -0.0542. The van der Waals surface area contributed by atoms with E-state index in [2.05, 4.69) is 10.3 Å². The number of carbonyl (C=O) groups is 1. The summed E-state index contributed by atoms with van der Waals surface area (Å²) in [5.41, 5.74) is 2.09. The molecule has 5 heteroatoms. The molecular formula is C14H15ClN2OS. The minimum Gasteiger partial charge on any atom is -0.301 e. The fourth-order valence-corrected chi connectivity index (χ4v) is 2.77. The van der Waals surface area contributed by atoms with Crippen molar-refractivity contribution in [2.75, 3.05) is 6.54 Å². The van der Waals surface area contributed by atoms with Crippen LogP contribution in [0.1, 0.15) is 19.4 Å². The van der Waals surface area contributed by atoms with Crippen molar-refractivity contribution in [1.29, 1.82) is 0 Å². The molecule has 100 valence electrons. The highest BCUT2D eigenvalue weighted by molar-refractivity contribution is 8.18. The van der Waals surface area contributed by atoms with E-state index in [0.717, 1.165) is 27.5 Å². The van der Waals surface area contributed by atoms with Crippen LogP contribution in [0.5, 0.6) is 0 Å². The van der Waals surface area contributed by atoms with Gasteiger partial charge in [-0.05, 0) is 43.7 Å². The number of nitrogens with one attached hydrogen (secondary N) is 1. The Kier molecular flexibility index (Phi) is 4.66. The normalized spacial score (nSPS) is 16.9. The Morgan fingerprint density at radius 3 is 2.74 bits per heavy atom. The van der Waals surface area contributed by atoms with E-state index in [1.165, 1.54) is 11.8 Å². The Morgan fingerprint density at radius 2 is 2.11 bits per heavy atom. The quantitative estimate of drug-likeness (QED) is 0.868. The first-order chi connectivity index (χ1) is 9.08. The highest BCUT2D eigenvalue weighted by Crippen LogP contribution is 2.26. The van der Waals surface area contributed by atoms with Gasteiger partial charge in [0.15, 0.2) is 5.17 Å². The number of nitrogens with zero attached hydrogens (tertiary/aromatic N) is 1. The van der Waals surface area contributed by atoms with E-state index < -0.39 is 0 Å². The molecule has 1 heterocycles. The molecule has 1 aliphatic heterocycles. The minimum absolute atomic E-state index is 0.0542. The number of carbonyl (C=O) groups excluding carboxylic acids is 1. The molecule has 0 atom stereocenters. The molecule has 0 radical (unpaired) electrons. The van der Waals surface area contributed by atoms with Crippen molar-refractivity contribution in [3.05, 3.63) is 45.3 Å². The molecule has 0 saturated carbocycles. The number of amidine groups is 1. The second kappa shape index (κ2) is 6.26. The Bertz CT molecular complexity index is 562. The van der Waals surface area contributed by atoms with Crippen LogP contribution < -0.4 is 5.32 Å². The van der Waals surface area contributed by atoms with Gasteiger partial charge in [0.2, 0.25) is 0 Å². The van der Waals surface area contributed by atoms with E-state index in [1.807, 2.05) is 38.1 Å². The number of amides is 1. The molecular weight excluding hydrogens is 280 g/mol. The zero-order valence-electron chi connectivity index (χ0n) is 10.9. The molecule has 3 nitrogen and oxygen atoms in total.